The number of carbonyl (C=O) groups excluding carboxylic acids is 3. The van der Waals surface area contributed by atoms with Gasteiger partial charge in [0, 0.05) is 33.0 Å². The standard InChI is InChI=1S/C18H23N3O4/c1-3-25-15-7-5-4-6-14(15)21-10-12(8-17(21)23)18(24)19-13-9-16(22)20(2)11-13/h4-7,12-13H,3,8-11H2,1-2H3,(H,19,24)/t12-,13-/m0/s1. The molecule has 2 heterocycles. The Morgan fingerprint density at radius 1 is 1.20 bits per heavy atom. The van der Waals surface area contributed by atoms with E-state index in [1.54, 1.807) is 16.8 Å². The van der Waals surface area contributed by atoms with Gasteiger partial charge in [0.05, 0.1) is 24.3 Å². The molecule has 0 aromatic heterocycles. The zero-order valence-corrected chi connectivity index (χ0v) is 14.5. The van der Waals surface area contributed by atoms with Crippen molar-refractivity contribution in [1.82, 2.24) is 10.2 Å². The smallest absolute Gasteiger partial charge is 0.227 e. The topological polar surface area (TPSA) is 79.0 Å². The molecule has 7 heteroatoms. The van der Waals surface area contributed by atoms with Crippen molar-refractivity contribution < 1.29 is 19.1 Å². The summed E-state index contributed by atoms with van der Waals surface area (Å²) in [6.07, 6.45) is 0.489. The third-order valence-electron chi connectivity index (χ3n) is 4.64. The van der Waals surface area contributed by atoms with E-state index >= 15 is 0 Å². The first-order valence-corrected chi connectivity index (χ1v) is 8.56. The van der Waals surface area contributed by atoms with Crippen molar-refractivity contribution in [2.45, 2.75) is 25.8 Å². The number of ether oxygens (including phenoxy) is 1. The van der Waals surface area contributed by atoms with E-state index in [0.29, 0.717) is 37.6 Å². The highest BCUT2D eigenvalue weighted by atomic mass is 16.5. The predicted molar refractivity (Wildman–Crippen MR) is 92.3 cm³/mol. The number of anilines is 1. The lowest BCUT2D eigenvalue weighted by atomic mass is 10.1. The van der Waals surface area contributed by atoms with Gasteiger partial charge in [-0.25, -0.2) is 0 Å². The molecule has 0 saturated carbocycles. The summed E-state index contributed by atoms with van der Waals surface area (Å²) < 4.78 is 5.59. The summed E-state index contributed by atoms with van der Waals surface area (Å²) in [6, 6.07) is 7.17. The molecule has 3 rings (SSSR count). The molecule has 1 N–H and O–H groups in total. The van der Waals surface area contributed by atoms with E-state index in [1.165, 1.54) is 0 Å². The monoisotopic (exact) mass is 345 g/mol. The number of likely N-dealkylation sites (N-methyl/N-ethyl adjacent to an activating group) is 1. The molecule has 3 amide bonds. The second-order valence-electron chi connectivity index (χ2n) is 6.49. The molecule has 2 aliphatic heterocycles. The molecule has 25 heavy (non-hydrogen) atoms. The van der Waals surface area contributed by atoms with Gasteiger partial charge in [0.1, 0.15) is 5.75 Å². The van der Waals surface area contributed by atoms with Gasteiger partial charge < -0.3 is 19.9 Å². The fraction of sp³-hybridized carbons (Fsp3) is 0.500. The van der Waals surface area contributed by atoms with Crippen molar-refractivity contribution in [1.29, 1.82) is 0 Å². The molecule has 2 fully saturated rings. The lowest BCUT2D eigenvalue weighted by Gasteiger charge is -2.20. The molecule has 0 bridgehead atoms. The molecule has 2 aliphatic rings. The van der Waals surface area contributed by atoms with E-state index in [0.717, 1.165) is 0 Å². The lowest BCUT2D eigenvalue weighted by Crippen LogP contribution is -2.41. The van der Waals surface area contributed by atoms with Gasteiger partial charge in [0.25, 0.3) is 0 Å². The molecular weight excluding hydrogens is 322 g/mol. The number of rotatable bonds is 5. The molecule has 0 aliphatic carbocycles. The fourth-order valence-electron chi connectivity index (χ4n) is 3.35. The van der Waals surface area contributed by atoms with E-state index in [2.05, 4.69) is 5.32 Å². The Bertz CT molecular complexity index is 691. The summed E-state index contributed by atoms with van der Waals surface area (Å²) in [5.74, 6) is -0.00422. The van der Waals surface area contributed by atoms with Crippen molar-refractivity contribution in [3.05, 3.63) is 24.3 Å². The van der Waals surface area contributed by atoms with Crippen LogP contribution in [0.3, 0.4) is 0 Å². The molecule has 0 unspecified atom stereocenters. The average Bonchev–Trinajstić information content (AvgIpc) is 3.11. The molecule has 1 aromatic carbocycles. The van der Waals surface area contributed by atoms with E-state index in [4.69, 9.17) is 4.74 Å². The maximum atomic E-state index is 12.5. The molecule has 0 radical (unpaired) electrons. The van der Waals surface area contributed by atoms with Crippen LogP contribution in [0.25, 0.3) is 0 Å². The van der Waals surface area contributed by atoms with Crippen molar-refractivity contribution >= 4 is 23.4 Å². The van der Waals surface area contributed by atoms with Crippen LogP contribution in [0, 0.1) is 5.92 Å². The molecule has 2 atom stereocenters. The summed E-state index contributed by atoms with van der Waals surface area (Å²) >= 11 is 0. The van der Waals surface area contributed by atoms with E-state index in [9.17, 15) is 14.4 Å². The van der Waals surface area contributed by atoms with Gasteiger partial charge >= 0.3 is 0 Å². The van der Waals surface area contributed by atoms with Crippen LogP contribution in [0.2, 0.25) is 0 Å². The van der Waals surface area contributed by atoms with Gasteiger partial charge in [-0.15, -0.1) is 0 Å². The van der Waals surface area contributed by atoms with Crippen LogP contribution in [0.1, 0.15) is 19.8 Å². The van der Waals surface area contributed by atoms with Crippen molar-refractivity contribution in [2.24, 2.45) is 5.92 Å². The number of carbonyl (C=O) groups is 3. The number of nitrogens with one attached hydrogen (secondary N) is 1. The number of nitrogens with zero attached hydrogens (tertiary/aromatic N) is 2. The Kier molecular flexibility index (Phi) is 4.92. The first-order chi connectivity index (χ1) is 12.0. The first kappa shape index (κ1) is 17.3. The van der Waals surface area contributed by atoms with Crippen LogP contribution in [-0.4, -0.2) is 55.4 Å². The average molecular weight is 345 g/mol. The molecule has 7 nitrogen and oxygen atoms in total. The number of hydrogen-bond donors (Lipinski definition) is 1. The molecule has 134 valence electrons. The Hall–Kier alpha value is -2.57. The molecule has 2 saturated heterocycles. The van der Waals surface area contributed by atoms with Crippen LogP contribution < -0.4 is 15.0 Å². The Morgan fingerprint density at radius 2 is 1.96 bits per heavy atom. The minimum Gasteiger partial charge on any atom is -0.492 e. The van der Waals surface area contributed by atoms with Crippen LogP contribution in [0.4, 0.5) is 5.69 Å². The van der Waals surface area contributed by atoms with E-state index < -0.39 is 5.92 Å². The van der Waals surface area contributed by atoms with E-state index in [-0.39, 0.29) is 30.2 Å². The van der Waals surface area contributed by atoms with Gasteiger partial charge in [-0.2, -0.15) is 0 Å². The van der Waals surface area contributed by atoms with Gasteiger partial charge in [0.15, 0.2) is 0 Å². The largest absolute Gasteiger partial charge is 0.492 e. The first-order valence-electron chi connectivity index (χ1n) is 8.56. The normalized spacial score (nSPS) is 23.3. The number of hydrogen-bond acceptors (Lipinski definition) is 4. The van der Waals surface area contributed by atoms with Crippen LogP contribution in [-0.2, 0) is 14.4 Å². The Balaban J connectivity index is 1.66. The highest BCUT2D eigenvalue weighted by molar-refractivity contribution is 6.01. The maximum absolute atomic E-state index is 12.5. The molecule has 0 spiro atoms. The lowest BCUT2D eigenvalue weighted by molar-refractivity contribution is -0.127. The van der Waals surface area contributed by atoms with Gasteiger partial charge in [0.2, 0.25) is 17.7 Å². The maximum Gasteiger partial charge on any atom is 0.227 e. The third-order valence-corrected chi connectivity index (χ3v) is 4.64. The summed E-state index contributed by atoms with van der Waals surface area (Å²) in [5.41, 5.74) is 0.695. The van der Waals surface area contributed by atoms with Crippen molar-refractivity contribution in [3.8, 4) is 5.75 Å². The van der Waals surface area contributed by atoms with Gasteiger partial charge in [-0.1, -0.05) is 12.1 Å². The highest BCUT2D eigenvalue weighted by Gasteiger charge is 2.38. The van der Waals surface area contributed by atoms with E-state index in [1.807, 2.05) is 31.2 Å². The third kappa shape index (κ3) is 3.60. The van der Waals surface area contributed by atoms with Gasteiger partial charge in [-0.3, -0.25) is 14.4 Å². The fourth-order valence-corrected chi connectivity index (χ4v) is 3.35. The molecule has 1 aromatic rings. The zero-order chi connectivity index (χ0) is 18.0. The van der Waals surface area contributed by atoms with Crippen molar-refractivity contribution in [2.75, 3.05) is 31.6 Å². The predicted octanol–water partition coefficient (Wildman–Crippen LogP) is 0.785. The number of benzene rings is 1. The Morgan fingerprint density at radius 3 is 2.64 bits per heavy atom. The quantitative estimate of drug-likeness (QED) is 0.856. The molecular formula is C18H23N3O4. The van der Waals surface area contributed by atoms with Crippen LogP contribution >= 0.6 is 0 Å². The van der Waals surface area contributed by atoms with Gasteiger partial charge in [-0.05, 0) is 19.1 Å². The number of para-hydroxylation sites is 2. The second-order valence-corrected chi connectivity index (χ2v) is 6.49. The number of likely N-dealkylation sites (tertiary alicyclic amines) is 1. The Labute approximate surface area is 146 Å². The minimum absolute atomic E-state index is 0.0278. The SMILES string of the molecule is CCOc1ccccc1N1C[C@@H](C(=O)N[C@H]2CC(=O)N(C)C2)CC1=O. The summed E-state index contributed by atoms with van der Waals surface area (Å²) in [7, 11) is 1.72. The minimum atomic E-state index is -0.414. The van der Waals surface area contributed by atoms with Crippen LogP contribution in [0.15, 0.2) is 24.3 Å². The van der Waals surface area contributed by atoms with Crippen LogP contribution in [0.5, 0.6) is 5.75 Å². The highest BCUT2D eigenvalue weighted by Crippen LogP contribution is 2.33. The summed E-state index contributed by atoms with van der Waals surface area (Å²) in [5, 5.41) is 2.90. The number of amides is 3. The zero-order valence-electron chi connectivity index (χ0n) is 14.5. The summed E-state index contributed by atoms with van der Waals surface area (Å²) in [4.78, 5) is 39.7. The van der Waals surface area contributed by atoms with Crippen molar-refractivity contribution in [3.63, 3.8) is 0 Å². The summed E-state index contributed by atoms with van der Waals surface area (Å²) in [6.45, 7) is 3.23. The second kappa shape index (κ2) is 7.13.